The number of nitrogens with one attached hydrogen (secondary N) is 2. The molecule has 1 aliphatic rings. The lowest BCUT2D eigenvalue weighted by Gasteiger charge is -2.25. The summed E-state index contributed by atoms with van der Waals surface area (Å²) in [4.78, 5) is 0. The highest BCUT2D eigenvalue weighted by Crippen LogP contribution is 2.35. The van der Waals surface area contributed by atoms with Crippen molar-refractivity contribution < 1.29 is 18.6 Å². The Hall–Kier alpha value is -3.58. The van der Waals surface area contributed by atoms with E-state index in [1.54, 1.807) is 18.2 Å². The monoisotopic (exact) mass is 421 g/mol. The Labute approximate surface area is 180 Å². The van der Waals surface area contributed by atoms with Crippen molar-refractivity contribution in [3.05, 3.63) is 77.6 Å². The molecule has 1 heterocycles. The summed E-state index contributed by atoms with van der Waals surface area (Å²) in [6, 6.07) is 16.8. The number of rotatable bonds is 7. The summed E-state index contributed by atoms with van der Waals surface area (Å²) in [6.45, 7) is 2.92. The molecule has 0 aromatic heterocycles. The van der Waals surface area contributed by atoms with Crippen LogP contribution in [0.25, 0.3) is 0 Å². The summed E-state index contributed by atoms with van der Waals surface area (Å²) < 4.78 is 30.6. The molecule has 0 bridgehead atoms. The van der Waals surface area contributed by atoms with E-state index in [0.29, 0.717) is 41.7 Å². The summed E-state index contributed by atoms with van der Waals surface area (Å²) in [6.07, 6.45) is 0.828. The van der Waals surface area contributed by atoms with Crippen LogP contribution in [0.4, 0.5) is 15.8 Å². The zero-order valence-corrected chi connectivity index (χ0v) is 17.1. The average molecular weight is 421 g/mol. The number of anilines is 2. The predicted octanol–water partition coefficient (Wildman–Crippen LogP) is 4.81. The fourth-order valence-electron chi connectivity index (χ4n) is 3.40. The van der Waals surface area contributed by atoms with Gasteiger partial charge in [-0.05, 0) is 67.1 Å². The molecule has 0 fully saturated rings. The maximum absolute atomic E-state index is 13.1. The van der Waals surface area contributed by atoms with Crippen molar-refractivity contribution in [1.29, 1.82) is 5.41 Å². The molecule has 4 N–H and O–H groups in total. The summed E-state index contributed by atoms with van der Waals surface area (Å²) in [7, 11) is 0. The molecule has 3 aromatic carbocycles. The normalized spacial score (nSPS) is 14.4. The quantitative estimate of drug-likeness (QED) is 0.477. The third-order valence-electron chi connectivity index (χ3n) is 4.94. The standard InChI is InChI=1S/C24H24FN3O3/c1-15(27)24(16-2-9-22-23(13-16)30-11-10-29-22)31-20-7-8-21(17(12-20)14-26)28-19-5-3-18(25)4-6-19/h2-9,12-15,24,26,28H,10-11,27H2,1H3/t15-,24-/m0/s1. The maximum atomic E-state index is 13.1. The van der Waals surface area contributed by atoms with Gasteiger partial charge in [0, 0.05) is 29.2 Å². The summed E-state index contributed by atoms with van der Waals surface area (Å²) >= 11 is 0. The van der Waals surface area contributed by atoms with E-state index in [-0.39, 0.29) is 11.9 Å². The maximum Gasteiger partial charge on any atom is 0.161 e. The smallest absolute Gasteiger partial charge is 0.161 e. The van der Waals surface area contributed by atoms with E-state index in [4.69, 9.17) is 25.4 Å². The molecule has 3 aromatic rings. The van der Waals surface area contributed by atoms with Crippen LogP contribution in [0.3, 0.4) is 0 Å². The molecular weight excluding hydrogens is 397 g/mol. The van der Waals surface area contributed by atoms with Crippen molar-refractivity contribution >= 4 is 17.6 Å². The molecule has 7 heteroatoms. The van der Waals surface area contributed by atoms with Crippen LogP contribution in [0, 0.1) is 11.2 Å². The van der Waals surface area contributed by atoms with E-state index in [0.717, 1.165) is 11.3 Å². The van der Waals surface area contributed by atoms with Crippen molar-refractivity contribution in [2.45, 2.75) is 19.1 Å². The van der Waals surface area contributed by atoms with Crippen molar-refractivity contribution in [1.82, 2.24) is 0 Å². The highest BCUT2D eigenvalue weighted by atomic mass is 19.1. The van der Waals surface area contributed by atoms with Crippen molar-refractivity contribution in [3.8, 4) is 17.2 Å². The van der Waals surface area contributed by atoms with Crippen LogP contribution in [0.15, 0.2) is 60.7 Å². The van der Waals surface area contributed by atoms with Crippen LogP contribution in [0.5, 0.6) is 17.2 Å². The van der Waals surface area contributed by atoms with Gasteiger partial charge in [-0.2, -0.15) is 0 Å². The second kappa shape index (κ2) is 9.06. The molecule has 4 rings (SSSR count). The van der Waals surface area contributed by atoms with Crippen LogP contribution in [0.2, 0.25) is 0 Å². The Bertz CT molecular complexity index is 1070. The first kappa shape index (κ1) is 20.7. The Morgan fingerprint density at radius 1 is 1.03 bits per heavy atom. The lowest BCUT2D eigenvalue weighted by atomic mass is 10.0. The molecule has 0 saturated heterocycles. The topological polar surface area (TPSA) is 89.6 Å². The molecule has 2 atom stereocenters. The van der Waals surface area contributed by atoms with Crippen molar-refractivity contribution in [2.24, 2.45) is 5.73 Å². The van der Waals surface area contributed by atoms with Gasteiger partial charge < -0.3 is 30.7 Å². The minimum Gasteiger partial charge on any atom is -0.486 e. The lowest BCUT2D eigenvalue weighted by Crippen LogP contribution is -2.29. The summed E-state index contributed by atoms with van der Waals surface area (Å²) in [5, 5.41) is 11.0. The fourth-order valence-corrected chi connectivity index (χ4v) is 3.40. The van der Waals surface area contributed by atoms with Gasteiger partial charge in [0.05, 0.1) is 0 Å². The molecule has 6 nitrogen and oxygen atoms in total. The van der Waals surface area contributed by atoms with Gasteiger partial charge in [-0.15, -0.1) is 0 Å². The van der Waals surface area contributed by atoms with Crippen molar-refractivity contribution in [2.75, 3.05) is 18.5 Å². The highest BCUT2D eigenvalue weighted by molar-refractivity contribution is 5.88. The number of halogens is 1. The van der Waals surface area contributed by atoms with E-state index in [1.807, 2.05) is 37.3 Å². The first-order valence-electron chi connectivity index (χ1n) is 10.0. The Balaban J connectivity index is 1.56. The molecule has 31 heavy (non-hydrogen) atoms. The third kappa shape index (κ3) is 4.78. The fraction of sp³-hybridized carbons (Fsp3) is 0.208. The molecule has 0 amide bonds. The highest BCUT2D eigenvalue weighted by Gasteiger charge is 2.22. The summed E-state index contributed by atoms with van der Waals surface area (Å²) in [5.74, 6) is 1.67. The SMILES string of the molecule is C[C@H](N)[C@H](Oc1ccc(Nc2ccc(F)cc2)c(C=N)c1)c1ccc2c(c1)OCCO2. The largest absolute Gasteiger partial charge is 0.486 e. The third-order valence-corrected chi connectivity index (χ3v) is 4.94. The molecule has 0 spiro atoms. The Kier molecular flexibility index (Phi) is 6.04. The Morgan fingerprint density at radius 2 is 1.77 bits per heavy atom. The van der Waals surface area contributed by atoms with Gasteiger partial charge in [-0.3, -0.25) is 0 Å². The van der Waals surface area contributed by atoms with Gasteiger partial charge in [0.15, 0.2) is 11.5 Å². The van der Waals surface area contributed by atoms with Gasteiger partial charge in [0.1, 0.15) is 30.9 Å². The number of ether oxygens (including phenoxy) is 3. The van der Waals surface area contributed by atoms with Gasteiger partial charge in [0.2, 0.25) is 0 Å². The van der Waals surface area contributed by atoms with Gasteiger partial charge in [-0.25, -0.2) is 4.39 Å². The first-order chi connectivity index (χ1) is 15.0. The number of nitrogens with two attached hydrogens (primary N) is 1. The molecule has 0 aliphatic carbocycles. The Morgan fingerprint density at radius 3 is 2.48 bits per heavy atom. The van der Waals surface area contributed by atoms with Crippen molar-refractivity contribution in [3.63, 3.8) is 0 Å². The molecule has 160 valence electrons. The number of fused-ring (bicyclic) bond motifs is 1. The molecule has 0 saturated carbocycles. The van der Waals surface area contributed by atoms with Gasteiger partial charge >= 0.3 is 0 Å². The molecule has 0 radical (unpaired) electrons. The van der Waals surface area contributed by atoms with Crippen LogP contribution < -0.4 is 25.3 Å². The molecule has 1 aliphatic heterocycles. The minimum atomic E-state index is -0.412. The van der Waals surface area contributed by atoms with E-state index in [2.05, 4.69) is 5.32 Å². The second-order valence-electron chi connectivity index (χ2n) is 7.33. The zero-order chi connectivity index (χ0) is 21.8. The van der Waals surface area contributed by atoms with Crippen LogP contribution in [-0.2, 0) is 0 Å². The number of hydrogen-bond donors (Lipinski definition) is 3. The van der Waals surface area contributed by atoms with Gasteiger partial charge in [0.25, 0.3) is 0 Å². The van der Waals surface area contributed by atoms with Crippen LogP contribution >= 0.6 is 0 Å². The minimum absolute atomic E-state index is 0.289. The van der Waals surface area contributed by atoms with Crippen LogP contribution in [-0.4, -0.2) is 25.5 Å². The second-order valence-corrected chi connectivity index (χ2v) is 7.33. The molecule has 0 unspecified atom stereocenters. The van der Waals surface area contributed by atoms with E-state index < -0.39 is 6.10 Å². The van der Waals surface area contributed by atoms with E-state index in [9.17, 15) is 4.39 Å². The average Bonchev–Trinajstić information content (AvgIpc) is 2.79. The zero-order valence-electron chi connectivity index (χ0n) is 17.1. The van der Waals surface area contributed by atoms with E-state index in [1.165, 1.54) is 18.3 Å². The molecular formula is C24H24FN3O3. The van der Waals surface area contributed by atoms with E-state index >= 15 is 0 Å². The first-order valence-corrected chi connectivity index (χ1v) is 10.0. The number of hydrogen-bond acceptors (Lipinski definition) is 6. The lowest BCUT2D eigenvalue weighted by molar-refractivity contribution is 0.165. The van der Waals surface area contributed by atoms with Crippen LogP contribution in [0.1, 0.15) is 24.2 Å². The number of benzene rings is 3. The predicted molar refractivity (Wildman–Crippen MR) is 118 cm³/mol. The van der Waals surface area contributed by atoms with Gasteiger partial charge in [-0.1, -0.05) is 6.07 Å². The summed E-state index contributed by atoms with van der Waals surface area (Å²) in [5.41, 5.74) is 9.17.